The number of fused-ring (bicyclic) bond motifs is 1. The second-order valence-electron chi connectivity index (χ2n) is 4.92. The van der Waals surface area contributed by atoms with E-state index in [1.807, 2.05) is 13.8 Å². The zero-order valence-electron chi connectivity index (χ0n) is 11.6. The monoisotopic (exact) mass is 301 g/mol. The highest BCUT2D eigenvalue weighted by Crippen LogP contribution is 2.24. The number of aliphatic hydroxyl groups excluding tert-OH is 1. The highest BCUT2D eigenvalue weighted by atomic mass is 35.5. The van der Waals surface area contributed by atoms with Crippen molar-refractivity contribution in [3.63, 3.8) is 0 Å². The second-order valence-corrected chi connectivity index (χ2v) is 4.92. The molecule has 1 aromatic carbocycles. The van der Waals surface area contributed by atoms with Crippen molar-refractivity contribution >= 4 is 18.4 Å². The summed E-state index contributed by atoms with van der Waals surface area (Å²) in [6.45, 7) is 5.04. The first kappa shape index (κ1) is 16.8. The topological polar surface area (TPSA) is 67.8 Å². The normalized spacial score (nSPS) is 14.5. The number of esters is 1. The van der Waals surface area contributed by atoms with Crippen LogP contribution in [0, 0.1) is 0 Å². The van der Waals surface area contributed by atoms with Gasteiger partial charge in [0.25, 0.3) is 0 Å². The smallest absolute Gasteiger partial charge is 0.338 e. The van der Waals surface area contributed by atoms with Gasteiger partial charge in [0.2, 0.25) is 0 Å². The van der Waals surface area contributed by atoms with Crippen molar-refractivity contribution in [2.45, 2.75) is 32.6 Å². The summed E-state index contributed by atoms with van der Waals surface area (Å²) in [4.78, 5) is 11.3. The summed E-state index contributed by atoms with van der Waals surface area (Å²) in [6, 6.07) is 5.52. The molecule has 20 heavy (non-hydrogen) atoms. The quantitative estimate of drug-likeness (QED) is 0.780. The lowest BCUT2D eigenvalue weighted by Crippen LogP contribution is -2.35. The van der Waals surface area contributed by atoms with Crippen LogP contribution in [0.5, 0.6) is 5.75 Å². The van der Waals surface area contributed by atoms with Crippen molar-refractivity contribution in [1.82, 2.24) is 5.32 Å². The molecule has 0 fully saturated rings. The van der Waals surface area contributed by atoms with Gasteiger partial charge in [-0.1, -0.05) is 13.8 Å². The Hall–Kier alpha value is -1.30. The van der Waals surface area contributed by atoms with Gasteiger partial charge in [-0.2, -0.15) is 0 Å². The van der Waals surface area contributed by atoms with E-state index in [4.69, 9.17) is 9.47 Å². The average molecular weight is 302 g/mol. The predicted molar refractivity (Wildman–Crippen MR) is 77.5 cm³/mol. The lowest BCUT2D eigenvalue weighted by Gasteiger charge is -2.15. The van der Waals surface area contributed by atoms with Crippen LogP contribution in [0.2, 0.25) is 0 Å². The fourth-order valence-electron chi connectivity index (χ4n) is 1.82. The summed E-state index contributed by atoms with van der Waals surface area (Å²) in [5.41, 5.74) is 1.42. The number of ether oxygens (including phenoxy) is 2. The molecule has 6 heteroatoms. The molecule has 112 valence electrons. The molecule has 1 unspecified atom stereocenters. The van der Waals surface area contributed by atoms with Crippen LogP contribution in [0.4, 0.5) is 0 Å². The van der Waals surface area contributed by atoms with Crippen LogP contribution in [0.1, 0.15) is 29.8 Å². The van der Waals surface area contributed by atoms with Gasteiger partial charge in [0.15, 0.2) is 0 Å². The molecule has 1 atom stereocenters. The van der Waals surface area contributed by atoms with Gasteiger partial charge in [-0.25, -0.2) is 4.79 Å². The minimum Gasteiger partial charge on any atom is -0.491 e. The van der Waals surface area contributed by atoms with Crippen molar-refractivity contribution in [3.8, 4) is 5.75 Å². The third-order valence-electron chi connectivity index (χ3n) is 2.86. The lowest BCUT2D eigenvalue weighted by atomic mass is 10.1. The number of carbonyl (C=O) groups is 1. The Morgan fingerprint density at radius 1 is 1.45 bits per heavy atom. The van der Waals surface area contributed by atoms with Crippen LogP contribution in [-0.2, 0) is 11.3 Å². The van der Waals surface area contributed by atoms with E-state index >= 15 is 0 Å². The van der Waals surface area contributed by atoms with E-state index in [-0.39, 0.29) is 25.0 Å². The van der Waals surface area contributed by atoms with E-state index in [9.17, 15) is 9.90 Å². The Bertz CT molecular complexity index is 464. The van der Waals surface area contributed by atoms with Crippen LogP contribution in [-0.4, -0.2) is 36.4 Å². The Kier molecular flexibility index (Phi) is 6.26. The molecule has 2 rings (SSSR count). The summed E-state index contributed by atoms with van der Waals surface area (Å²) in [6.07, 6.45) is -0.562. The van der Waals surface area contributed by atoms with Gasteiger partial charge in [0, 0.05) is 18.2 Å². The first-order chi connectivity index (χ1) is 9.06. The lowest BCUT2D eigenvalue weighted by molar-refractivity contribution is 0.0535. The van der Waals surface area contributed by atoms with Gasteiger partial charge in [0.1, 0.15) is 25.1 Å². The predicted octanol–water partition coefficient (Wildman–Crippen LogP) is 1.52. The number of nitrogens with one attached hydrogen (secondary N) is 1. The molecule has 0 bridgehead atoms. The summed E-state index contributed by atoms with van der Waals surface area (Å²) in [5, 5.41) is 12.9. The molecule has 5 nitrogen and oxygen atoms in total. The summed E-state index contributed by atoms with van der Waals surface area (Å²) < 4.78 is 10.4. The van der Waals surface area contributed by atoms with Crippen LogP contribution >= 0.6 is 12.4 Å². The third kappa shape index (κ3) is 4.37. The fourth-order valence-corrected chi connectivity index (χ4v) is 1.82. The molecule has 1 aliphatic heterocycles. The summed E-state index contributed by atoms with van der Waals surface area (Å²) in [7, 11) is 0. The molecule has 0 aliphatic carbocycles. The van der Waals surface area contributed by atoms with Gasteiger partial charge in [-0.15, -0.1) is 12.4 Å². The van der Waals surface area contributed by atoms with E-state index < -0.39 is 6.10 Å². The van der Waals surface area contributed by atoms with Crippen molar-refractivity contribution in [1.29, 1.82) is 0 Å². The first-order valence-electron chi connectivity index (χ1n) is 6.40. The molecule has 0 radical (unpaired) electrons. The molecule has 0 spiro atoms. The minimum atomic E-state index is -0.562. The van der Waals surface area contributed by atoms with Crippen molar-refractivity contribution in [2.24, 2.45) is 0 Å². The van der Waals surface area contributed by atoms with Gasteiger partial charge in [0.05, 0.1) is 5.56 Å². The SMILES string of the molecule is CC(C)NCC(O)COc1ccc2c(c1)COC2=O.Cl. The van der Waals surface area contributed by atoms with E-state index in [0.29, 0.717) is 30.5 Å². The van der Waals surface area contributed by atoms with Crippen LogP contribution in [0.3, 0.4) is 0 Å². The zero-order valence-corrected chi connectivity index (χ0v) is 12.4. The number of halogens is 1. The van der Waals surface area contributed by atoms with Crippen molar-refractivity contribution < 1.29 is 19.4 Å². The standard InChI is InChI=1S/C14H19NO4.ClH/c1-9(2)15-6-11(16)8-18-12-3-4-13-10(5-12)7-19-14(13)17;/h3-5,9,11,15-16H,6-8H2,1-2H3;1H. The highest BCUT2D eigenvalue weighted by Gasteiger charge is 2.21. The molecular formula is C14H20ClNO4. The van der Waals surface area contributed by atoms with E-state index in [1.54, 1.807) is 18.2 Å². The minimum absolute atomic E-state index is 0. The molecule has 0 aromatic heterocycles. The molecular weight excluding hydrogens is 282 g/mol. The van der Waals surface area contributed by atoms with Gasteiger partial charge in [-0.3, -0.25) is 0 Å². The van der Waals surface area contributed by atoms with Crippen molar-refractivity contribution in [3.05, 3.63) is 29.3 Å². The van der Waals surface area contributed by atoms with Gasteiger partial charge < -0.3 is 19.9 Å². The van der Waals surface area contributed by atoms with Crippen molar-refractivity contribution in [2.75, 3.05) is 13.2 Å². The van der Waals surface area contributed by atoms with Crippen LogP contribution in [0.15, 0.2) is 18.2 Å². The van der Waals surface area contributed by atoms with Crippen LogP contribution in [0.25, 0.3) is 0 Å². The van der Waals surface area contributed by atoms with E-state index in [1.165, 1.54) is 0 Å². The van der Waals surface area contributed by atoms with E-state index in [2.05, 4.69) is 5.32 Å². The molecule has 2 N–H and O–H groups in total. The fraction of sp³-hybridized carbons (Fsp3) is 0.500. The average Bonchev–Trinajstić information content (AvgIpc) is 2.75. The molecule has 1 aliphatic rings. The number of rotatable bonds is 6. The number of hydrogen-bond donors (Lipinski definition) is 2. The molecule has 0 saturated carbocycles. The number of aliphatic hydroxyl groups is 1. The summed E-state index contributed by atoms with van der Waals surface area (Å²) in [5.74, 6) is 0.350. The highest BCUT2D eigenvalue weighted by molar-refractivity contribution is 5.93. The Balaban J connectivity index is 0.00000200. The molecule has 1 aromatic rings. The Labute approximate surface area is 124 Å². The first-order valence-corrected chi connectivity index (χ1v) is 6.40. The number of carbonyl (C=O) groups excluding carboxylic acids is 1. The third-order valence-corrected chi connectivity index (χ3v) is 2.86. The largest absolute Gasteiger partial charge is 0.491 e. The Morgan fingerprint density at radius 2 is 2.20 bits per heavy atom. The molecule has 1 heterocycles. The molecule has 0 amide bonds. The Morgan fingerprint density at radius 3 is 2.90 bits per heavy atom. The maximum atomic E-state index is 11.3. The maximum Gasteiger partial charge on any atom is 0.338 e. The maximum absolute atomic E-state index is 11.3. The number of hydrogen-bond acceptors (Lipinski definition) is 5. The van der Waals surface area contributed by atoms with Gasteiger partial charge >= 0.3 is 5.97 Å². The number of cyclic esters (lactones) is 1. The zero-order chi connectivity index (χ0) is 13.8. The molecule has 0 saturated heterocycles. The van der Waals surface area contributed by atoms with E-state index in [0.717, 1.165) is 5.56 Å². The van der Waals surface area contributed by atoms with Gasteiger partial charge in [-0.05, 0) is 18.2 Å². The second kappa shape index (κ2) is 7.47. The van der Waals surface area contributed by atoms with Crippen LogP contribution < -0.4 is 10.1 Å². The number of benzene rings is 1. The summed E-state index contributed by atoms with van der Waals surface area (Å²) >= 11 is 0.